The smallest absolute Gasteiger partial charge is 0.203 e. The molecule has 1 atom stereocenters. The van der Waals surface area contributed by atoms with E-state index in [-0.39, 0.29) is 12.4 Å². The van der Waals surface area contributed by atoms with E-state index in [9.17, 15) is 4.79 Å². The van der Waals surface area contributed by atoms with Gasteiger partial charge in [-0.25, -0.2) is 0 Å². The number of carbonyl (C=O) groups is 1. The van der Waals surface area contributed by atoms with Gasteiger partial charge in [0.2, 0.25) is 5.75 Å². The topological polar surface area (TPSA) is 72.5 Å². The van der Waals surface area contributed by atoms with Gasteiger partial charge in [-0.15, -0.1) is 0 Å². The van der Waals surface area contributed by atoms with E-state index < -0.39 is 6.10 Å². The molecule has 0 fully saturated rings. The summed E-state index contributed by atoms with van der Waals surface area (Å²) in [7, 11) is 7.77. The molecule has 0 heterocycles. The third-order valence-corrected chi connectivity index (χ3v) is 5.18. The van der Waals surface area contributed by atoms with Crippen molar-refractivity contribution in [1.29, 1.82) is 0 Å². The van der Waals surface area contributed by atoms with Crippen LogP contribution in [0.4, 0.5) is 0 Å². The molecule has 3 aromatic rings. The van der Waals surface area contributed by atoms with Crippen LogP contribution in [0.3, 0.4) is 0 Å². The molecule has 3 aromatic carbocycles. The standard InChI is InChI=1S/C26H28O7/c1-28-20-10-6-17(7-11-20)16-33-25(24(27)18-8-12-21(29-2)13-9-18)19-14-22(30-3)26(32-5)23(15-19)31-4/h6-15,25H,16H2,1-5H3. The molecule has 0 saturated carbocycles. The molecule has 0 N–H and O–H groups in total. The Kier molecular flexibility index (Phi) is 8.16. The van der Waals surface area contributed by atoms with Crippen LogP contribution >= 0.6 is 0 Å². The highest BCUT2D eigenvalue weighted by atomic mass is 16.5. The highest BCUT2D eigenvalue weighted by molar-refractivity contribution is 6.00. The molecule has 3 rings (SSSR count). The van der Waals surface area contributed by atoms with E-state index >= 15 is 0 Å². The van der Waals surface area contributed by atoms with E-state index in [1.807, 2.05) is 24.3 Å². The van der Waals surface area contributed by atoms with Crippen molar-refractivity contribution in [3.8, 4) is 28.7 Å². The molecule has 0 spiro atoms. The molecule has 0 aliphatic carbocycles. The lowest BCUT2D eigenvalue weighted by atomic mass is 9.98. The Labute approximate surface area is 193 Å². The summed E-state index contributed by atoms with van der Waals surface area (Å²) in [5.74, 6) is 2.51. The lowest BCUT2D eigenvalue weighted by Crippen LogP contribution is -2.17. The Hall–Kier alpha value is -3.71. The van der Waals surface area contributed by atoms with Crippen LogP contribution in [-0.2, 0) is 11.3 Å². The van der Waals surface area contributed by atoms with Crippen LogP contribution in [0, 0.1) is 0 Å². The first kappa shape index (κ1) is 23.9. The number of methoxy groups -OCH3 is 5. The summed E-state index contributed by atoms with van der Waals surface area (Å²) < 4.78 is 32.9. The first-order chi connectivity index (χ1) is 16.0. The van der Waals surface area contributed by atoms with E-state index in [4.69, 9.17) is 28.4 Å². The van der Waals surface area contributed by atoms with Gasteiger partial charge in [-0.05, 0) is 59.7 Å². The fraction of sp³-hybridized carbons (Fsp3) is 0.269. The normalized spacial score (nSPS) is 11.4. The fourth-order valence-corrected chi connectivity index (χ4v) is 3.38. The predicted molar refractivity (Wildman–Crippen MR) is 124 cm³/mol. The quantitative estimate of drug-likeness (QED) is 0.384. The summed E-state index contributed by atoms with van der Waals surface area (Å²) in [6.07, 6.45) is -0.908. The Bertz CT molecular complexity index is 1030. The third-order valence-electron chi connectivity index (χ3n) is 5.18. The van der Waals surface area contributed by atoms with Crippen molar-refractivity contribution in [3.63, 3.8) is 0 Å². The van der Waals surface area contributed by atoms with Crippen LogP contribution in [0.15, 0.2) is 60.7 Å². The zero-order valence-electron chi connectivity index (χ0n) is 19.4. The third kappa shape index (κ3) is 5.56. The minimum Gasteiger partial charge on any atom is -0.497 e. The maximum absolute atomic E-state index is 13.5. The molecule has 1 unspecified atom stereocenters. The molecule has 0 saturated heterocycles. The summed E-state index contributed by atoms with van der Waals surface area (Å²) in [4.78, 5) is 13.5. The van der Waals surface area contributed by atoms with E-state index in [1.54, 1.807) is 50.6 Å². The van der Waals surface area contributed by atoms with Crippen LogP contribution in [0.25, 0.3) is 0 Å². The Balaban J connectivity index is 1.98. The molecule has 33 heavy (non-hydrogen) atoms. The van der Waals surface area contributed by atoms with E-state index in [2.05, 4.69) is 0 Å². The van der Waals surface area contributed by atoms with Gasteiger partial charge in [0, 0.05) is 5.56 Å². The number of ether oxygens (including phenoxy) is 6. The second kappa shape index (κ2) is 11.2. The maximum atomic E-state index is 13.5. The lowest BCUT2D eigenvalue weighted by Gasteiger charge is -2.21. The monoisotopic (exact) mass is 452 g/mol. The van der Waals surface area contributed by atoms with Gasteiger partial charge in [0.05, 0.1) is 42.2 Å². The Morgan fingerprint density at radius 3 is 1.67 bits per heavy atom. The lowest BCUT2D eigenvalue weighted by molar-refractivity contribution is 0.0332. The van der Waals surface area contributed by atoms with E-state index in [1.165, 1.54) is 21.3 Å². The van der Waals surface area contributed by atoms with Crippen molar-refractivity contribution in [2.45, 2.75) is 12.7 Å². The summed E-state index contributed by atoms with van der Waals surface area (Å²) in [5, 5.41) is 0. The second-order valence-corrected chi connectivity index (χ2v) is 7.09. The summed E-state index contributed by atoms with van der Waals surface area (Å²) in [6, 6.07) is 17.8. The minimum absolute atomic E-state index is 0.208. The largest absolute Gasteiger partial charge is 0.497 e. The average molecular weight is 453 g/mol. The first-order valence-electron chi connectivity index (χ1n) is 10.3. The molecule has 0 amide bonds. The molecular weight excluding hydrogens is 424 g/mol. The zero-order chi connectivity index (χ0) is 23.8. The van der Waals surface area contributed by atoms with Crippen molar-refractivity contribution in [2.75, 3.05) is 35.5 Å². The van der Waals surface area contributed by atoms with E-state index in [0.29, 0.717) is 34.1 Å². The molecular formula is C26H28O7. The number of hydrogen-bond acceptors (Lipinski definition) is 7. The first-order valence-corrected chi connectivity index (χ1v) is 10.3. The highest BCUT2D eigenvalue weighted by Crippen LogP contribution is 2.41. The summed E-state index contributed by atoms with van der Waals surface area (Å²) in [6.45, 7) is 0.215. The van der Waals surface area contributed by atoms with Gasteiger partial charge in [-0.2, -0.15) is 0 Å². The van der Waals surface area contributed by atoms with Crippen molar-refractivity contribution < 1.29 is 33.2 Å². The van der Waals surface area contributed by atoms with Gasteiger partial charge >= 0.3 is 0 Å². The van der Waals surface area contributed by atoms with Crippen molar-refractivity contribution in [1.82, 2.24) is 0 Å². The fourth-order valence-electron chi connectivity index (χ4n) is 3.38. The van der Waals surface area contributed by atoms with Crippen LogP contribution in [0.1, 0.15) is 27.6 Å². The van der Waals surface area contributed by atoms with Crippen molar-refractivity contribution in [3.05, 3.63) is 77.4 Å². The van der Waals surface area contributed by atoms with Crippen LogP contribution in [0.5, 0.6) is 28.7 Å². The highest BCUT2D eigenvalue weighted by Gasteiger charge is 2.26. The Morgan fingerprint density at radius 2 is 1.21 bits per heavy atom. The van der Waals surface area contributed by atoms with Gasteiger partial charge in [-0.3, -0.25) is 4.79 Å². The van der Waals surface area contributed by atoms with Crippen molar-refractivity contribution >= 4 is 5.78 Å². The minimum atomic E-state index is -0.908. The SMILES string of the molecule is COc1ccc(COC(C(=O)c2ccc(OC)cc2)c2cc(OC)c(OC)c(OC)c2)cc1. The van der Waals surface area contributed by atoms with Crippen molar-refractivity contribution in [2.24, 2.45) is 0 Å². The zero-order valence-corrected chi connectivity index (χ0v) is 19.4. The summed E-state index contributed by atoms with van der Waals surface area (Å²) >= 11 is 0. The predicted octanol–water partition coefficient (Wildman–Crippen LogP) is 4.87. The van der Waals surface area contributed by atoms with Gasteiger partial charge in [-0.1, -0.05) is 12.1 Å². The van der Waals surface area contributed by atoms with Gasteiger partial charge in [0.15, 0.2) is 17.3 Å². The molecule has 0 bridgehead atoms. The molecule has 0 aliphatic heterocycles. The Morgan fingerprint density at radius 1 is 0.697 bits per heavy atom. The van der Waals surface area contributed by atoms with Gasteiger partial charge in [0.25, 0.3) is 0 Å². The van der Waals surface area contributed by atoms with Gasteiger partial charge < -0.3 is 28.4 Å². The summed E-state index contributed by atoms with van der Waals surface area (Å²) in [5.41, 5.74) is 1.97. The average Bonchev–Trinajstić information content (AvgIpc) is 2.88. The van der Waals surface area contributed by atoms with Crippen LogP contribution in [-0.4, -0.2) is 41.3 Å². The van der Waals surface area contributed by atoms with Crippen LogP contribution in [0.2, 0.25) is 0 Å². The molecule has 0 aromatic heterocycles. The second-order valence-electron chi connectivity index (χ2n) is 7.09. The van der Waals surface area contributed by atoms with Crippen LogP contribution < -0.4 is 23.7 Å². The molecule has 174 valence electrons. The number of ketones is 1. The maximum Gasteiger partial charge on any atom is 0.203 e. The number of hydrogen-bond donors (Lipinski definition) is 0. The molecule has 7 heteroatoms. The van der Waals surface area contributed by atoms with E-state index in [0.717, 1.165) is 11.3 Å². The van der Waals surface area contributed by atoms with Gasteiger partial charge in [0.1, 0.15) is 17.6 Å². The number of Topliss-reactive ketones (excluding diaryl/α,β-unsaturated/α-hetero) is 1. The number of carbonyl (C=O) groups excluding carboxylic acids is 1. The number of benzene rings is 3. The number of rotatable bonds is 11. The molecule has 7 nitrogen and oxygen atoms in total. The molecule has 0 radical (unpaired) electrons. The molecule has 0 aliphatic rings.